The van der Waals surface area contributed by atoms with E-state index in [1.54, 1.807) is 0 Å². The van der Waals surface area contributed by atoms with Crippen molar-refractivity contribution in [3.8, 4) is 0 Å². The topological polar surface area (TPSA) is 337 Å². The summed E-state index contributed by atoms with van der Waals surface area (Å²) in [6.45, 7) is 5.95. The SMILES string of the molecule is CC(C)C[C@H](N)C(=O)O.C[C@H](N)C(=O)O.C[C@H](N)C(=O)O.NCC(=O)O.N[C@@H](CO)C(=O)O. The van der Waals surface area contributed by atoms with E-state index in [1.807, 2.05) is 13.8 Å². The van der Waals surface area contributed by atoms with Crippen LogP contribution in [0.3, 0.4) is 0 Å². The molecule has 0 heterocycles. The summed E-state index contributed by atoms with van der Waals surface area (Å²) in [5.74, 6) is -4.63. The second kappa shape index (κ2) is 25.4. The van der Waals surface area contributed by atoms with Gasteiger partial charge in [0.05, 0.1) is 13.2 Å². The van der Waals surface area contributed by atoms with Gasteiger partial charge in [-0.1, -0.05) is 13.8 Å². The van der Waals surface area contributed by atoms with Gasteiger partial charge < -0.3 is 59.3 Å². The summed E-state index contributed by atoms with van der Waals surface area (Å²) in [7, 11) is 0. The minimum Gasteiger partial charge on any atom is -0.480 e. The zero-order valence-electron chi connectivity index (χ0n) is 19.1. The first-order valence-electron chi connectivity index (χ1n) is 9.24. The predicted molar refractivity (Wildman–Crippen MR) is 117 cm³/mol. The molecule has 0 aliphatic heterocycles. The summed E-state index contributed by atoms with van der Waals surface area (Å²) in [6, 6.07) is -3.28. The largest absolute Gasteiger partial charge is 0.480 e. The van der Waals surface area contributed by atoms with E-state index in [4.69, 9.17) is 53.6 Å². The molecule has 0 rings (SSSR count). The lowest BCUT2D eigenvalue weighted by molar-refractivity contribution is -0.140. The Bertz CT molecular complexity index is 539. The summed E-state index contributed by atoms with van der Waals surface area (Å²) in [6.07, 6.45) is 0.551. The molecule has 0 spiro atoms. The molecule has 16 nitrogen and oxygen atoms in total. The van der Waals surface area contributed by atoms with E-state index in [-0.39, 0.29) is 6.54 Å². The lowest BCUT2D eigenvalue weighted by Gasteiger charge is -2.07. The minimum absolute atomic E-state index is 0.278. The second-order valence-electron chi connectivity index (χ2n) is 6.55. The summed E-state index contributed by atoms with van der Waals surface area (Å²) < 4.78 is 0. The molecular formula is C17H39N5O11. The number of nitrogens with two attached hydrogens (primary N) is 5. The predicted octanol–water partition coefficient (Wildman–Crippen LogP) is -3.30. The second-order valence-corrected chi connectivity index (χ2v) is 6.55. The number of aliphatic hydroxyl groups is 1. The number of aliphatic carboxylic acids is 5. The Hall–Kier alpha value is -2.89. The van der Waals surface area contributed by atoms with Crippen molar-refractivity contribution in [1.29, 1.82) is 0 Å². The van der Waals surface area contributed by atoms with Crippen molar-refractivity contribution in [2.75, 3.05) is 13.2 Å². The molecule has 0 radical (unpaired) electrons. The maximum atomic E-state index is 10.1. The van der Waals surface area contributed by atoms with E-state index in [2.05, 4.69) is 5.73 Å². The smallest absolute Gasteiger partial charge is 0.322 e. The molecule has 0 fully saturated rings. The lowest BCUT2D eigenvalue weighted by atomic mass is 10.1. The van der Waals surface area contributed by atoms with Gasteiger partial charge in [0.25, 0.3) is 0 Å². The fourth-order valence-electron chi connectivity index (χ4n) is 0.687. The van der Waals surface area contributed by atoms with Crippen LogP contribution in [0.25, 0.3) is 0 Å². The molecule has 0 aromatic rings. The third-order valence-corrected chi connectivity index (χ3v) is 2.51. The van der Waals surface area contributed by atoms with Crippen LogP contribution in [-0.2, 0) is 24.0 Å². The van der Waals surface area contributed by atoms with Crippen LogP contribution in [0.15, 0.2) is 0 Å². The van der Waals surface area contributed by atoms with E-state index >= 15 is 0 Å². The van der Waals surface area contributed by atoms with Crippen LogP contribution in [-0.4, -0.2) is 97.8 Å². The number of aliphatic hydroxyl groups excluding tert-OH is 1. The van der Waals surface area contributed by atoms with Crippen LogP contribution in [0.2, 0.25) is 0 Å². The zero-order chi connectivity index (χ0) is 27.9. The molecule has 33 heavy (non-hydrogen) atoms. The van der Waals surface area contributed by atoms with Crippen LogP contribution in [0.4, 0.5) is 0 Å². The van der Waals surface area contributed by atoms with Crippen molar-refractivity contribution in [3.05, 3.63) is 0 Å². The Morgan fingerprint density at radius 3 is 0.909 bits per heavy atom. The van der Waals surface area contributed by atoms with Gasteiger partial charge in [0.15, 0.2) is 0 Å². The first kappa shape index (κ1) is 40.5. The maximum absolute atomic E-state index is 10.1. The Balaban J connectivity index is -0.000000101. The van der Waals surface area contributed by atoms with Gasteiger partial charge >= 0.3 is 29.8 Å². The molecule has 0 unspecified atom stereocenters. The fourth-order valence-corrected chi connectivity index (χ4v) is 0.687. The van der Waals surface area contributed by atoms with Gasteiger partial charge in [-0.25, -0.2) is 0 Å². The molecular weight excluding hydrogens is 450 g/mol. The monoisotopic (exact) mass is 489 g/mol. The molecule has 16 N–H and O–H groups in total. The van der Waals surface area contributed by atoms with Gasteiger partial charge in [-0.15, -0.1) is 0 Å². The molecule has 0 aromatic carbocycles. The number of carbonyl (C=O) groups is 5. The van der Waals surface area contributed by atoms with Gasteiger partial charge in [-0.2, -0.15) is 0 Å². The molecule has 0 saturated carbocycles. The van der Waals surface area contributed by atoms with Gasteiger partial charge in [0.1, 0.15) is 24.2 Å². The number of hydrogen-bond donors (Lipinski definition) is 11. The Morgan fingerprint density at radius 2 is 0.879 bits per heavy atom. The molecule has 0 bridgehead atoms. The zero-order valence-corrected chi connectivity index (χ0v) is 19.1. The summed E-state index contributed by atoms with van der Waals surface area (Å²) in [5.41, 5.74) is 24.2. The lowest BCUT2D eigenvalue weighted by Crippen LogP contribution is -2.33. The Labute approximate surface area is 191 Å². The van der Waals surface area contributed by atoms with Crippen molar-refractivity contribution < 1.29 is 54.6 Å². The maximum Gasteiger partial charge on any atom is 0.322 e. The van der Waals surface area contributed by atoms with Gasteiger partial charge in [-0.3, -0.25) is 24.0 Å². The molecule has 198 valence electrons. The van der Waals surface area contributed by atoms with Crippen molar-refractivity contribution >= 4 is 29.8 Å². The highest BCUT2D eigenvalue weighted by Gasteiger charge is 2.12. The van der Waals surface area contributed by atoms with Gasteiger partial charge in [0, 0.05) is 0 Å². The quantitative estimate of drug-likeness (QED) is 0.159. The van der Waals surface area contributed by atoms with Crippen LogP contribution < -0.4 is 28.7 Å². The minimum atomic E-state index is -1.18. The van der Waals surface area contributed by atoms with Gasteiger partial charge in [-0.05, 0) is 26.2 Å². The average Bonchev–Trinajstić information content (AvgIpc) is 2.68. The molecule has 4 atom stereocenters. The van der Waals surface area contributed by atoms with Crippen LogP contribution in [0.1, 0.15) is 34.1 Å². The molecule has 0 saturated heterocycles. The standard InChI is InChI=1S/C6H13NO2.C3H7NO3.2C3H7NO2.C2H5NO2/c1-4(2)3-5(7)6(8)9;4-2(1-5)3(6)7;2*1-2(4)3(5)6;3-1-2(4)5/h4-5H,3,7H2,1-2H3,(H,8,9);2,5H,1,4H2,(H,6,7);2*2H,4H2,1H3,(H,5,6);1,3H2,(H,4,5)/t5-;3*2-;/m0000./s1. The highest BCUT2D eigenvalue weighted by atomic mass is 16.4. The number of rotatable bonds is 8. The number of carboxylic acids is 5. The van der Waals surface area contributed by atoms with E-state index in [0.29, 0.717) is 12.3 Å². The highest BCUT2D eigenvalue weighted by Crippen LogP contribution is 2.01. The van der Waals surface area contributed by atoms with Crippen LogP contribution in [0, 0.1) is 5.92 Å². The van der Waals surface area contributed by atoms with Crippen molar-refractivity contribution in [2.45, 2.75) is 58.3 Å². The third kappa shape index (κ3) is 48.0. The van der Waals surface area contributed by atoms with E-state index in [9.17, 15) is 24.0 Å². The fraction of sp³-hybridized carbons (Fsp3) is 0.706. The van der Waals surface area contributed by atoms with Crippen molar-refractivity contribution in [1.82, 2.24) is 0 Å². The normalized spacial score (nSPS) is 12.7. The molecule has 0 amide bonds. The van der Waals surface area contributed by atoms with E-state index in [0.717, 1.165) is 0 Å². The van der Waals surface area contributed by atoms with Gasteiger partial charge in [0.2, 0.25) is 0 Å². The third-order valence-electron chi connectivity index (χ3n) is 2.51. The first-order chi connectivity index (χ1) is 14.8. The summed E-state index contributed by atoms with van der Waals surface area (Å²) in [5, 5.41) is 47.5. The summed E-state index contributed by atoms with van der Waals surface area (Å²) >= 11 is 0. The number of hydrogen-bond acceptors (Lipinski definition) is 11. The van der Waals surface area contributed by atoms with E-state index in [1.165, 1.54) is 13.8 Å². The van der Waals surface area contributed by atoms with Crippen molar-refractivity contribution in [2.24, 2.45) is 34.6 Å². The Kier molecular flexibility index (Phi) is 31.1. The number of carboxylic acid groups (broad SMARTS) is 5. The summed E-state index contributed by atoms with van der Waals surface area (Å²) in [4.78, 5) is 48.1. The first-order valence-corrected chi connectivity index (χ1v) is 9.24. The molecule has 0 aromatic heterocycles. The van der Waals surface area contributed by atoms with Crippen molar-refractivity contribution in [3.63, 3.8) is 0 Å². The van der Waals surface area contributed by atoms with Crippen LogP contribution in [0.5, 0.6) is 0 Å². The Morgan fingerprint density at radius 1 is 0.636 bits per heavy atom. The molecule has 16 heteroatoms. The van der Waals surface area contributed by atoms with E-state index < -0.39 is 60.6 Å². The average molecular weight is 490 g/mol. The van der Waals surface area contributed by atoms with Crippen LogP contribution >= 0.6 is 0 Å². The molecule has 0 aliphatic carbocycles. The molecule has 0 aliphatic rings. The highest BCUT2D eigenvalue weighted by molar-refractivity contribution is 5.73.